The first-order chi connectivity index (χ1) is 8.08. The molecule has 0 fully saturated rings. The number of carbonyl (C=O) groups is 1. The van der Waals surface area contributed by atoms with Crippen molar-refractivity contribution in [1.29, 1.82) is 0 Å². The highest BCUT2D eigenvalue weighted by molar-refractivity contribution is 7.11. The van der Waals surface area contributed by atoms with E-state index < -0.39 is 5.97 Å². The van der Waals surface area contributed by atoms with Crippen LogP contribution in [-0.2, 0) is 6.42 Å². The molecule has 2 aromatic rings. The maximum Gasteiger partial charge on any atom is 0.347 e. The number of carboxylic acids is 1. The molecule has 0 aliphatic carbocycles. The van der Waals surface area contributed by atoms with Gasteiger partial charge in [-0.05, 0) is 25.0 Å². The molecule has 1 heterocycles. The van der Waals surface area contributed by atoms with E-state index in [2.05, 4.69) is 23.2 Å². The summed E-state index contributed by atoms with van der Waals surface area (Å²) in [7, 11) is 0. The van der Waals surface area contributed by atoms with Crippen molar-refractivity contribution in [2.24, 2.45) is 0 Å². The van der Waals surface area contributed by atoms with Crippen LogP contribution in [0.3, 0.4) is 0 Å². The molecular weight excluding hydrogens is 234 g/mol. The number of rotatable bonds is 3. The molecule has 1 N–H and O–H groups in total. The molecule has 88 valence electrons. The fraction of sp³-hybridized carbons (Fsp3) is 0.231. The number of aromatic carboxylic acids is 1. The molecule has 0 saturated carbocycles. The highest BCUT2D eigenvalue weighted by Crippen LogP contribution is 2.20. The highest BCUT2D eigenvalue weighted by atomic mass is 32.1. The SMILES string of the molecule is Cc1ccc(C)c(Cc2ncsc2C(=O)O)c1. The van der Waals surface area contributed by atoms with Gasteiger partial charge in [-0.1, -0.05) is 23.8 Å². The van der Waals surface area contributed by atoms with Crippen molar-refractivity contribution in [1.82, 2.24) is 4.98 Å². The fourth-order valence-corrected chi connectivity index (χ4v) is 2.39. The van der Waals surface area contributed by atoms with Crippen LogP contribution in [0.25, 0.3) is 0 Å². The van der Waals surface area contributed by atoms with Gasteiger partial charge in [-0.25, -0.2) is 9.78 Å². The Morgan fingerprint density at radius 2 is 2.18 bits per heavy atom. The number of nitrogens with zero attached hydrogens (tertiary/aromatic N) is 1. The Hall–Kier alpha value is -1.68. The van der Waals surface area contributed by atoms with E-state index in [1.165, 1.54) is 22.5 Å². The molecule has 0 spiro atoms. The number of thiazole rings is 1. The predicted octanol–water partition coefficient (Wildman–Crippen LogP) is 3.05. The van der Waals surface area contributed by atoms with Gasteiger partial charge in [0.2, 0.25) is 0 Å². The van der Waals surface area contributed by atoms with Crippen LogP contribution in [0.1, 0.15) is 32.1 Å². The molecule has 0 unspecified atom stereocenters. The van der Waals surface area contributed by atoms with Crippen molar-refractivity contribution in [3.8, 4) is 0 Å². The molecule has 0 aliphatic rings. The maximum absolute atomic E-state index is 11.0. The van der Waals surface area contributed by atoms with E-state index in [9.17, 15) is 4.79 Å². The van der Waals surface area contributed by atoms with Crippen LogP contribution in [0.4, 0.5) is 0 Å². The van der Waals surface area contributed by atoms with Crippen LogP contribution < -0.4 is 0 Å². The average molecular weight is 247 g/mol. The zero-order chi connectivity index (χ0) is 12.4. The van der Waals surface area contributed by atoms with Gasteiger partial charge in [-0.2, -0.15) is 0 Å². The lowest BCUT2D eigenvalue weighted by Crippen LogP contribution is -2.01. The summed E-state index contributed by atoms with van der Waals surface area (Å²) in [6.45, 7) is 4.06. The van der Waals surface area contributed by atoms with Gasteiger partial charge in [-0.15, -0.1) is 11.3 Å². The van der Waals surface area contributed by atoms with Crippen molar-refractivity contribution in [3.63, 3.8) is 0 Å². The molecule has 3 nitrogen and oxygen atoms in total. The monoisotopic (exact) mass is 247 g/mol. The smallest absolute Gasteiger partial charge is 0.347 e. The average Bonchev–Trinajstić information content (AvgIpc) is 2.71. The van der Waals surface area contributed by atoms with Crippen molar-refractivity contribution in [2.75, 3.05) is 0 Å². The summed E-state index contributed by atoms with van der Waals surface area (Å²) in [5.41, 5.74) is 5.72. The minimum Gasteiger partial charge on any atom is -0.477 e. The van der Waals surface area contributed by atoms with Crippen LogP contribution in [-0.4, -0.2) is 16.1 Å². The summed E-state index contributed by atoms with van der Waals surface area (Å²) in [5, 5.41) is 9.03. The van der Waals surface area contributed by atoms with E-state index in [1.54, 1.807) is 5.51 Å². The van der Waals surface area contributed by atoms with Crippen molar-refractivity contribution in [3.05, 3.63) is 51.0 Å². The Kier molecular flexibility index (Phi) is 3.24. The van der Waals surface area contributed by atoms with E-state index >= 15 is 0 Å². The molecule has 1 aromatic carbocycles. The topological polar surface area (TPSA) is 50.2 Å². The summed E-state index contributed by atoms with van der Waals surface area (Å²) in [5.74, 6) is -0.896. The molecule has 0 saturated heterocycles. The van der Waals surface area contributed by atoms with Crippen LogP contribution in [0.2, 0.25) is 0 Å². The summed E-state index contributed by atoms with van der Waals surface area (Å²) < 4.78 is 0. The molecule has 0 amide bonds. The first-order valence-electron chi connectivity index (χ1n) is 5.29. The van der Waals surface area contributed by atoms with E-state index in [0.717, 1.165) is 5.56 Å². The molecule has 0 atom stereocenters. The Bertz CT molecular complexity index is 560. The second kappa shape index (κ2) is 4.67. The third-order valence-electron chi connectivity index (χ3n) is 2.70. The van der Waals surface area contributed by atoms with Crippen molar-refractivity contribution >= 4 is 17.3 Å². The molecule has 0 radical (unpaired) electrons. The van der Waals surface area contributed by atoms with E-state index in [-0.39, 0.29) is 0 Å². The standard InChI is InChI=1S/C13H13NO2S/c1-8-3-4-9(2)10(5-8)6-11-12(13(15)16)17-7-14-11/h3-5,7H,6H2,1-2H3,(H,15,16). The molecule has 17 heavy (non-hydrogen) atoms. The third-order valence-corrected chi connectivity index (χ3v) is 3.55. The van der Waals surface area contributed by atoms with E-state index in [1.807, 2.05) is 13.8 Å². The number of aromatic nitrogens is 1. The zero-order valence-electron chi connectivity index (χ0n) is 9.73. The van der Waals surface area contributed by atoms with Gasteiger partial charge in [0.25, 0.3) is 0 Å². The molecule has 2 rings (SSSR count). The van der Waals surface area contributed by atoms with Gasteiger partial charge >= 0.3 is 5.97 Å². The Morgan fingerprint density at radius 3 is 2.88 bits per heavy atom. The first kappa shape index (κ1) is 11.8. The number of carboxylic acid groups (broad SMARTS) is 1. The summed E-state index contributed by atoms with van der Waals surface area (Å²) in [6.07, 6.45) is 0.582. The second-order valence-electron chi connectivity index (χ2n) is 4.04. The number of benzene rings is 1. The van der Waals surface area contributed by atoms with E-state index in [0.29, 0.717) is 17.0 Å². The molecule has 0 bridgehead atoms. The largest absolute Gasteiger partial charge is 0.477 e. The van der Waals surface area contributed by atoms with Gasteiger partial charge in [0, 0.05) is 6.42 Å². The normalized spacial score (nSPS) is 10.5. The predicted molar refractivity (Wildman–Crippen MR) is 67.8 cm³/mol. The van der Waals surface area contributed by atoms with Crippen LogP contribution >= 0.6 is 11.3 Å². The maximum atomic E-state index is 11.0. The molecule has 1 aromatic heterocycles. The summed E-state index contributed by atoms with van der Waals surface area (Å²) in [6, 6.07) is 6.19. The van der Waals surface area contributed by atoms with Crippen molar-refractivity contribution < 1.29 is 9.90 Å². The lowest BCUT2D eigenvalue weighted by atomic mass is 10.0. The lowest BCUT2D eigenvalue weighted by molar-refractivity contribution is 0.0701. The van der Waals surface area contributed by atoms with Crippen molar-refractivity contribution in [2.45, 2.75) is 20.3 Å². The minimum atomic E-state index is -0.896. The zero-order valence-corrected chi connectivity index (χ0v) is 10.5. The Labute approximate surface area is 104 Å². The highest BCUT2D eigenvalue weighted by Gasteiger charge is 2.14. The van der Waals surface area contributed by atoms with Gasteiger partial charge in [0.1, 0.15) is 4.88 Å². The quantitative estimate of drug-likeness (QED) is 0.906. The second-order valence-corrected chi connectivity index (χ2v) is 4.89. The minimum absolute atomic E-state index is 0.339. The van der Waals surface area contributed by atoms with Crippen LogP contribution in [0.15, 0.2) is 23.7 Å². The van der Waals surface area contributed by atoms with Gasteiger partial charge in [0.05, 0.1) is 11.2 Å². The van der Waals surface area contributed by atoms with Gasteiger partial charge < -0.3 is 5.11 Å². The number of hydrogen-bond donors (Lipinski definition) is 1. The van der Waals surface area contributed by atoms with Gasteiger partial charge in [0.15, 0.2) is 0 Å². The first-order valence-corrected chi connectivity index (χ1v) is 6.17. The molecule has 0 aliphatic heterocycles. The van der Waals surface area contributed by atoms with E-state index in [4.69, 9.17) is 5.11 Å². The van der Waals surface area contributed by atoms with Gasteiger partial charge in [-0.3, -0.25) is 0 Å². The summed E-state index contributed by atoms with van der Waals surface area (Å²) >= 11 is 1.18. The number of aryl methyl sites for hydroxylation is 2. The Balaban J connectivity index is 2.34. The summed E-state index contributed by atoms with van der Waals surface area (Å²) in [4.78, 5) is 15.5. The molecular formula is C13H13NO2S. The van der Waals surface area contributed by atoms with Crippen LogP contribution in [0, 0.1) is 13.8 Å². The lowest BCUT2D eigenvalue weighted by Gasteiger charge is -2.06. The Morgan fingerprint density at radius 1 is 1.41 bits per heavy atom. The van der Waals surface area contributed by atoms with Crippen LogP contribution in [0.5, 0.6) is 0 Å². The molecule has 4 heteroatoms. The number of hydrogen-bond acceptors (Lipinski definition) is 3. The third kappa shape index (κ3) is 2.53. The fourth-order valence-electron chi connectivity index (χ4n) is 1.74.